The van der Waals surface area contributed by atoms with Gasteiger partial charge in [-0.2, -0.15) is 0 Å². The van der Waals surface area contributed by atoms with Crippen LogP contribution in [0.15, 0.2) is 0 Å². The monoisotopic (exact) mass is 485 g/mol. The van der Waals surface area contributed by atoms with Gasteiger partial charge in [-0.3, -0.25) is 0 Å². The summed E-state index contributed by atoms with van der Waals surface area (Å²) in [5.74, 6) is 0. The van der Waals surface area contributed by atoms with Gasteiger partial charge in [-0.05, 0) is 34.0 Å². The Morgan fingerprint density at radius 3 is 0.583 bits per heavy atom. The molecule has 0 aliphatic heterocycles. The van der Waals surface area contributed by atoms with Gasteiger partial charge in [0.1, 0.15) is 0 Å². The second kappa shape index (κ2) is 20.8. The molecule has 0 fully saturated rings. The van der Waals surface area contributed by atoms with E-state index >= 15 is 0 Å². The predicted molar refractivity (Wildman–Crippen MR) is 114 cm³/mol. The van der Waals surface area contributed by atoms with Crippen LogP contribution in [0, 0.1) is 6.65 Å². The molecule has 149 valence electrons. The van der Waals surface area contributed by atoms with Crippen LogP contribution in [0.3, 0.4) is 0 Å². The predicted octanol–water partition coefficient (Wildman–Crippen LogP) is 8.04. The van der Waals surface area contributed by atoms with E-state index in [1.165, 1.54) is 0 Å². The van der Waals surface area contributed by atoms with E-state index in [1.807, 2.05) is 17.3 Å². The Morgan fingerprint density at radius 1 is 0.500 bits per heavy atom. The van der Waals surface area contributed by atoms with Crippen LogP contribution in [-0.2, 0) is 22.0 Å². The third-order valence-electron chi connectivity index (χ3n) is 3.58. The molecule has 0 bridgehead atoms. The summed E-state index contributed by atoms with van der Waals surface area (Å²) in [4.78, 5) is 0. The fraction of sp³-hybridized carbons (Fsp3) is 0.947. The summed E-state index contributed by atoms with van der Waals surface area (Å²) >= 11 is 1.82. The first-order chi connectivity index (χ1) is 10.9. The average Bonchev–Trinajstić information content (AvgIpc) is 2.40. The molecule has 0 saturated carbocycles. The first-order valence-electron chi connectivity index (χ1n) is 8.82. The number of halogens is 1. The van der Waals surface area contributed by atoms with Crippen LogP contribution in [0.2, 0.25) is 0 Å². The Kier molecular flexibility index (Phi) is 28.7. The van der Waals surface area contributed by atoms with Crippen LogP contribution >= 0.6 is 25.5 Å². The van der Waals surface area contributed by atoms with E-state index in [0.29, 0.717) is 0 Å². The van der Waals surface area contributed by atoms with Gasteiger partial charge in [0.05, 0.1) is 0 Å². The number of rotatable bonds is 6. The Bertz CT molecular complexity index is 205. The van der Waals surface area contributed by atoms with E-state index in [9.17, 15) is 0 Å². The van der Waals surface area contributed by atoms with Gasteiger partial charge in [0.2, 0.25) is 0 Å². The molecule has 5 heteroatoms. The molecule has 0 N–H and O–H groups in total. The average molecular weight is 485 g/mol. The second-order valence-electron chi connectivity index (χ2n) is 7.46. The number of hydrogen-bond donors (Lipinski definition) is 0. The molecule has 0 amide bonds. The normalized spacial score (nSPS) is 10.8. The van der Waals surface area contributed by atoms with Crippen molar-refractivity contribution in [3.63, 3.8) is 0 Å². The van der Waals surface area contributed by atoms with E-state index < -0.39 is 0 Å². The fourth-order valence-corrected chi connectivity index (χ4v) is 10.7. The van der Waals surface area contributed by atoms with Gasteiger partial charge >= 0.3 is 38.3 Å². The van der Waals surface area contributed by atoms with Crippen LogP contribution in [0.4, 0.5) is 0 Å². The zero-order valence-corrected chi connectivity index (χ0v) is 22.3. The van der Waals surface area contributed by atoms with Crippen LogP contribution in [0.1, 0.15) is 83.1 Å². The standard InChI is InChI=1S/2C9H21P.CO.ClH.Ru/c2*1-7(2)10(8(3)4)9(5)6;1-2;;/h2*7-9H,1-6H3;;1H;/q;;;;+1/p-1. The maximum atomic E-state index is 7.50. The van der Waals surface area contributed by atoms with E-state index in [0.717, 1.165) is 34.0 Å². The van der Waals surface area contributed by atoms with Gasteiger partial charge in [-0.25, -0.2) is 0 Å². The Labute approximate surface area is 170 Å². The van der Waals surface area contributed by atoms with Crippen molar-refractivity contribution >= 4 is 25.5 Å². The van der Waals surface area contributed by atoms with Crippen LogP contribution < -0.4 is 0 Å². The van der Waals surface area contributed by atoms with E-state index in [1.54, 1.807) is 0 Å². The fourth-order valence-electron chi connectivity index (χ4n) is 3.58. The summed E-state index contributed by atoms with van der Waals surface area (Å²) in [5.41, 5.74) is 5.39. The SMILES string of the molecule is CC(C)P(C(C)C)C(C)C.CC(C)P(C(C)C)C(C)C.[C-]#[O+].[Cl][Ru]. The molecule has 0 unspecified atom stereocenters. The third kappa shape index (κ3) is 18.3. The second-order valence-corrected chi connectivity index (χ2v) is 15.4. The van der Waals surface area contributed by atoms with Crippen molar-refractivity contribution in [2.75, 3.05) is 0 Å². The molecule has 24 heavy (non-hydrogen) atoms. The summed E-state index contributed by atoms with van der Waals surface area (Å²) in [6, 6.07) is 0. The zero-order valence-electron chi connectivity index (χ0n) is 18.0. The molecule has 0 aromatic heterocycles. The van der Waals surface area contributed by atoms with Crippen molar-refractivity contribution in [3.05, 3.63) is 6.65 Å². The summed E-state index contributed by atoms with van der Waals surface area (Å²) < 4.78 is 7.50. The molecule has 0 heterocycles. The summed E-state index contributed by atoms with van der Waals surface area (Å²) in [6.07, 6.45) is 0. The third-order valence-corrected chi connectivity index (χ3v) is 10.7. The maximum absolute atomic E-state index is 7.50. The minimum absolute atomic E-state index is 0.262. The van der Waals surface area contributed by atoms with E-state index in [4.69, 9.17) is 4.65 Å². The van der Waals surface area contributed by atoms with Gasteiger partial charge in [-0.1, -0.05) is 98.9 Å². The van der Waals surface area contributed by atoms with Crippen molar-refractivity contribution in [1.82, 2.24) is 0 Å². The van der Waals surface area contributed by atoms with Crippen LogP contribution in [0.25, 0.3) is 0 Å². The summed E-state index contributed by atoms with van der Waals surface area (Å²) in [7, 11) is 5.09. The minimum atomic E-state index is 0.262. The molecule has 0 saturated heterocycles. The van der Waals surface area contributed by atoms with Crippen LogP contribution in [0.5, 0.6) is 0 Å². The zero-order chi connectivity index (χ0) is 20.6. The summed E-state index contributed by atoms with van der Waals surface area (Å²) in [5, 5.41) is 0. The molecule has 0 radical (unpaired) electrons. The van der Waals surface area contributed by atoms with E-state index in [-0.39, 0.29) is 15.8 Å². The number of hydrogen-bond acceptors (Lipinski definition) is 0. The van der Waals surface area contributed by atoms with Gasteiger partial charge in [0, 0.05) is 0 Å². The molecule has 0 aliphatic rings. The molecule has 1 nitrogen and oxygen atoms in total. The van der Waals surface area contributed by atoms with Crippen molar-refractivity contribution in [2.24, 2.45) is 0 Å². The Hall–Kier alpha value is 1.51. The van der Waals surface area contributed by atoms with Gasteiger partial charge in [-0.15, -0.1) is 0 Å². The van der Waals surface area contributed by atoms with Crippen molar-refractivity contribution in [3.8, 4) is 0 Å². The molecule has 0 atom stereocenters. The quantitative estimate of drug-likeness (QED) is 0.157. The molecule has 0 aromatic rings. The van der Waals surface area contributed by atoms with Crippen molar-refractivity contribution in [2.45, 2.75) is 117 Å². The Balaban J connectivity index is -0.000000138. The van der Waals surface area contributed by atoms with Gasteiger partial charge in [0.25, 0.3) is 0 Å². The first-order valence-corrected chi connectivity index (χ1v) is 14.2. The molecule has 0 aromatic carbocycles. The van der Waals surface area contributed by atoms with Crippen molar-refractivity contribution in [1.29, 1.82) is 0 Å². The molecular weight excluding hydrogens is 443 g/mol. The molecule has 0 spiro atoms. The molecule has 0 rings (SSSR count). The summed E-state index contributed by atoms with van der Waals surface area (Å²) in [6.45, 7) is 32.7. The van der Waals surface area contributed by atoms with Gasteiger partial charge in [0.15, 0.2) is 0 Å². The van der Waals surface area contributed by atoms with E-state index in [2.05, 4.69) is 99.4 Å². The van der Waals surface area contributed by atoms with Crippen LogP contribution in [-0.4, -0.2) is 34.0 Å². The molecular formula is C19H42ClOP2Ru. The molecule has 0 aliphatic carbocycles. The first kappa shape index (κ1) is 33.1. The van der Waals surface area contributed by atoms with Gasteiger partial charge < -0.3 is 0 Å². The van der Waals surface area contributed by atoms with Crippen molar-refractivity contribution < 1.29 is 22.0 Å². The topological polar surface area (TPSA) is 19.9 Å². The Morgan fingerprint density at radius 2 is 0.583 bits per heavy atom.